The van der Waals surface area contributed by atoms with Crippen molar-refractivity contribution in [2.24, 2.45) is 5.92 Å². The van der Waals surface area contributed by atoms with E-state index >= 15 is 0 Å². The highest BCUT2D eigenvalue weighted by Gasteiger charge is 2.17. The number of ether oxygens (including phenoxy) is 1. The summed E-state index contributed by atoms with van der Waals surface area (Å²) in [4.78, 5) is 0. The summed E-state index contributed by atoms with van der Waals surface area (Å²) >= 11 is 0. The van der Waals surface area contributed by atoms with E-state index < -0.39 is 11.6 Å². The van der Waals surface area contributed by atoms with Gasteiger partial charge in [0.25, 0.3) is 0 Å². The molecule has 1 aliphatic carbocycles. The Bertz CT molecular complexity index is 778. The Morgan fingerprint density at radius 3 is 2.31 bits per heavy atom. The van der Waals surface area contributed by atoms with Gasteiger partial charge in [0.15, 0.2) is 11.6 Å². The second-order valence-electron chi connectivity index (χ2n) is 6.91. The summed E-state index contributed by atoms with van der Waals surface area (Å²) < 4.78 is 33.6. The Morgan fingerprint density at radius 2 is 1.69 bits per heavy atom. The van der Waals surface area contributed by atoms with E-state index in [0.29, 0.717) is 12.2 Å². The Morgan fingerprint density at radius 1 is 0.962 bits per heavy atom. The third-order valence-electron chi connectivity index (χ3n) is 5.13. The maximum atomic E-state index is 14.4. The second-order valence-corrected chi connectivity index (χ2v) is 6.91. The van der Waals surface area contributed by atoms with Crippen molar-refractivity contribution >= 4 is 5.57 Å². The van der Waals surface area contributed by atoms with Crippen LogP contribution in [0.15, 0.2) is 42.5 Å². The van der Waals surface area contributed by atoms with E-state index in [1.807, 2.05) is 24.3 Å². The van der Waals surface area contributed by atoms with E-state index in [1.165, 1.54) is 36.5 Å². The maximum absolute atomic E-state index is 14.4. The van der Waals surface area contributed by atoms with Crippen LogP contribution in [0.3, 0.4) is 0 Å². The van der Waals surface area contributed by atoms with E-state index in [9.17, 15) is 8.78 Å². The molecule has 138 valence electrons. The van der Waals surface area contributed by atoms with Gasteiger partial charge >= 0.3 is 0 Å². The van der Waals surface area contributed by atoms with Gasteiger partial charge in [-0.2, -0.15) is 4.39 Å². The van der Waals surface area contributed by atoms with Crippen LogP contribution in [0.5, 0.6) is 5.75 Å². The molecule has 0 bridgehead atoms. The highest BCUT2D eigenvalue weighted by atomic mass is 19.2. The largest absolute Gasteiger partial charge is 0.491 e. The van der Waals surface area contributed by atoms with Crippen LogP contribution in [-0.4, -0.2) is 6.61 Å². The van der Waals surface area contributed by atoms with Gasteiger partial charge in [-0.25, -0.2) is 4.39 Å². The minimum Gasteiger partial charge on any atom is -0.491 e. The van der Waals surface area contributed by atoms with Gasteiger partial charge in [-0.3, -0.25) is 0 Å². The van der Waals surface area contributed by atoms with Crippen molar-refractivity contribution in [1.82, 2.24) is 0 Å². The highest BCUT2D eigenvalue weighted by molar-refractivity contribution is 5.71. The number of benzene rings is 2. The van der Waals surface area contributed by atoms with Crippen molar-refractivity contribution in [3.63, 3.8) is 0 Å². The van der Waals surface area contributed by atoms with Crippen LogP contribution < -0.4 is 4.74 Å². The Hall–Kier alpha value is -2.16. The van der Waals surface area contributed by atoms with Crippen LogP contribution >= 0.6 is 0 Å². The van der Waals surface area contributed by atoms with Gasteiger partial charge in [0.05, 0.1) is 6.61 Å². The van der Waals surface area contributed by atoms with Crippen molar-refractivity contribution in [3.8, 4) is 16.9 Å². The first-order valence-electron chi connectivity index (χ1n) is 9.54. The quantitative estimate of drug-likeness (QED) is 0.540. The fourth-order valence-corrected chi connectivity index (χ4v) is 3.71. The van der Waals surface area contributed by atoms with Gasteiger partial charge in [0.2, 0.25) is 5.82 Å². The molecule has 0 saturated carbocycles. The first kappa shape index (κ1) is 18.6. The van der Waals surface area contributed by atoms with Crippen molar-refractivity contribution in [2.45, 2.75) is 46.0 Å². The molecule has 2 aromatic carbocycles. The first-order valence-corrected chi connectivity index (χ1v) is 9.54. The SMILES string of the molecule is CCCC1CC=C(c2ccc(-c3ccc(OCC)c(F)c3F)cc2)CC1. The molecule has 0 saturated heterocycles. The lowest BCUT2D eigenvalue weighted by Gasteiger charge is -2.21. The van der Waals surface area contributed by atoms with Crippen LogP contribution in [0.1, 0.15) is 51.5 Å². The average Bonchev–Trinajstić information content (AvgIpc) is 2.67. The van der Waals surface area contributed by atoms with Crippen molar-refractivity contribution in [3.05, 3.63) is 59.7 Å². The fourth-order valence-electron chi connectivity index (χ4n) is 3.71. The normalized spacial score (nSPS) is 17.1. The monoisotopic (exact) mass is 356 g/mol. The van der Waals surface area contributed by atoms with Crippen molar-refractivity contribution in [1.29, 1.82) is 0 Å². The molecule has 3 rings (SSSR count). The lowest BCUT2D eigenvalue weighted by molar-refractivity contribution is 0.314. The summed E-state index contributed by atoms with van der Waals surface area (Å²) in [7, 11) is 0. The van der Waals surface area contributed by atoms with Gasteiger partial charge < -0.3 is 4.74 Å². The molecule has 0 heterocycles. The van der Waals surface area contributed by atoms with Crippen molar-refractivity contribution < 1.29 is 13.5 Å². The van der Waals surface area contributed by atoms with Gasteiger partial charge in [-0.05, 0) is 60.9 Å². The summed E-state index contributed by atoms with van der Waals surface area (Å²) in [5.74, 6) is -1.02. The molecule has 1 atom stereocenters. The third kappa shape index (κ3) is 3.98. The van der Waals surface area contributed by atoms with Crippen LogP contribution in [0.4, 0.5) is 8.78 Å². The maximum Gasteiger partial charge on any atom is 0.201 e. The molecular formula is C23H26F2O. The lowest BCUT2D eigenvalue weighted by Crippen LogP contribution is -2.05. The van der Waals surface area contributed by atoms with Gasteiger partial charge in [0.1, 0.15) is 0 Å². The van der Waals surface area contributed by atoms with E-state index in [2.05, 4.69) is 13.0 Å². The Kier molecular flexibility index (Phi) is 6.08. The average molecular weight is 356 g/mol. The highest BCUT2D eigenvalue weighted by Crippen LogP contribution is 2.34. The van der Waals surface area contributed by atoms with Crippen molar-refractivity contribution in [2.75, 3.05) is 6.61 Å². The molecule has 0 spiro atoms. The minimum atomic E-state index is -0.926. The molecule has 0 amide bonds. The second kappa shape index (κ2) is 8.48. The number of halogens is 2. The Balaban J connectivity index is 1.79. The van der Waals surface area contributed by atoms with E-state index in [4.69, 9.17) is 4.74 Å². The summed E-state index contributed by atoms with van der Waals surface area (Å²) in [6, 6.07) is 10.8. The zero-order chi connectivity index (χ0) is 18.5. The molecule has 26 heavy (non-hydrogen) atoms. The lowest BCUT2D eigenvalue weighted by atomic mass is 9.84. The predicted molar refractivity (Wildman–Crippen MR) is 103 cm³/mol. The summed E-state index contributed by atoms with van der Waals surface area (Å²) in [6.07, 6.45) is 8.36. The fraction of sp³-hybridized carbons (Fsp3) is 0.391. The Labute approximate surface area is 154 Å². The number of hydrogen-bond donors (Lipinski definition) is 0. The molecule has 3 heteroatoms. The number of allylic oxidation sites excluding steroid dienone is 2. The molecule has 0 radical (unpaired) electrons. The standard InChI is InChI=1S/C23H26F2O/c1-3-5-16-6-8-17(9-7-16)18-10-12-19(13-11-18)20-14-15-21(26-4-2)23(25)22(20)24/h8,10-16H,3-7,9H2,1-2H3. The zero-order valence-corrected chi connectivity index (χ0v) is 15.5. The van der Waals surface area contributed by atoms with Gasteiger partial charge in [-0.1, -0.05) is 50.1 Å². The molecular weight excluding hydrogens is 330 g/mol. The van der Waals surface area contributed by atoms with E-state index in [-0.39, 0.29) is 11.3 Å². The third-order valence-corrected chi connectivity index (χ3v) is 5.13. The molecule has 2 aromatic rings. The summed E-state index contributed by atoms with van der Waals surface area (Å²) in [5, 5.41) is 0. The summed E-state index contributed by atoms with van der Waals surface area (Å²) in [5.41, 5.74) is 3.48. The van der Waals surface area contributed by atoms with Crippen LogP contribution in [0.25, 0.3) is 16.7 Å². The van der Waals surface area contributed by atoms with Gasteiger partial charge in [0, 0.05) is 5.56 Å². The van der Waals surface area contributed by atoms with Crippen LogP contribution in [0.2, 0.25) is 0 Å². The van der Waals surface area contributed by atoms with Gasteiger partial charge in [-0.15, -0.1) is 0 Å². The first-order chi connectivity index (χ1) is 12.6. The molecule has 0 aromatic heterocycles. The number of hydrogen-bond acceptors (Lipinski definition) is 1. The van der Waals surface area contributed by atoms with E-state index in [0.717, 1.165) is 18.8 Å². The molecule has 0 N–H and O–H groups in total. The van der Waals surface area contributed by atoms with Crippen LogP contribution in [0, 0.1) is 17.6 Å². The molecule has 0 aliphatic heterocycles. The topological polar surface area (TPSA) is 9.23 Å². The molecule has 0 fully saturated rings. The molecule has 1 aliphatic rings. The van der Waals surface area contributed by atoms with E-state index in [1.54, 1.807) is 13.0 Å². The predicted octanol–water partition coefficient (Wildman–Crippen LogP) is 7.01. The minimum absolute atomic E-state index is 0.0423. The number of rotatable bonds is 6. The molecule has 1 nitrogen and oxygen atoms in total. The van der Waals surface area contributed by atoms with Crippen LogP contribution in [-0.2, 0) is 0 Å². The zero-order valence-electron chi connectivity index (χ0n) is 15.5. The molecule has 1 unspecified atom stereocenters. The summed E-state index contributed by atoms with van der Waals surface area (Å²) in [6.45, 7) is 4.29. The smallest absolute Gasteiger partial charge is 0.201 e.